The van der Waals surface area contributed by atoms with Gasteiger partial charge in [-0.05, 0) is 53.3 Å². The molecule has 0 heterocycles. The molecule has 0 spiro atoms. The van der Waals surface area contributed by atoms with E-state index in [1.165, 1.54) is 34.7 Å². The largest absolute Gasteiger partial charge is 0.508 e. The molecular weight excluding hydrogens is 172 g/mol. The summed E-state index contributed by atoms with van der Waals surface area (Å²) in [7, 11) is 0. The molecule has 0 amide bonds. The Morgan fingerprint density at radius 3 is 2.79 bits per heavy atom. The summed E-state index contributed by atoms with van der Waals surface area (Å²) in [6, 6.07) is 10.1. The lowest BCUT2D eigenvalue weighted by molar-refractivity contribution is 0.475. The van der Waals surface area contributed by atoms with Crippen molar-refractivity contribution in [2.75, 3.05) is 0 Å². The first-order valence-corrected chi connectivity index (χ1v) is 5.08. The van der Waals surface area contributed by atoms with E-state index >= 15 is 0 Å². The van der Waals surface area contributed by atoms with E-state index in [1.54, 1.807) is 0 Å². The van der Waals surface area contributed by atoms with E-state index in [2.05, 4.69) is 18.2 Å². The highest BCUT2D eigenvalue weighted by molar-refractivity contribution is 5.90. The van der Waals surface area contributed by atoms with Gasteiger partial charge < -0.3 is 5.11 Å². The van der Waals surface area contributed by atoms with Crippen LogP contribution in [-0.2, 0) is 12.8 Å². The molecule has 0 aliphatic heterocycles. The van der Waals surface area contributed by atoms with Gasteiger partial charge in [0.05, 0.1) is 0 Å². The van der Waals surface area contributed by atoms with Crippen LogP contribution in [0.25, 0.3) is 10.8 Å². The Hall–Kier alpha value is -1.50. The minimum absolute atomic E-state index is 0.395. The van der Waals surface area contributed by atoms with Crippen LogP contribution in [0.4, 0.5) is 0 Å². The average Bonchev–Trinajstić information content (AvgIpc) is 2.18. The van der Waals surface area contributed by atoms with Crippen LogP contribution in [0.5, 0.6) is 5.75 Å². The van der Waals surface area contributed by atoms with Crippen molar-refractivity contribution in [1.82, 2.24) is 0 Å². The van der Waals surface area contributed by atoms with E-state index in [-0.39, 0.29) is 0 Å². The van der Waals surface area contributed by atoms with Gasteiger partial charge in [0.1, 0.15) is 5.75 Å². The summed E-state index contributed by atoms with van der Waals surface area (Å²) in [4.78, 5) is 0. The summed E-state index contributed by atoms with van der Waals surface area (Å²) < 4.78 is 0. The molecule has 70 valence electrons. The van der Waals surface area contributed by atoms with Gasteiger partial charge >= 0.3 is 0 Å². The van der Waals surface area contributed by atoms with E-state index in [9.17, 15) is 5.11 Å². The van der Waals surface area contributed by atoms with Crippen LogP contribution in [-0.4, -0.2) is 5.11 Å². The van der Waals surface area contributed by atoms with E-state index in [1.807, 2.05) is 12.1 Å². The van der Waals surface area contributed by atoms with Crippen LogP contribution < -0.4 is 0 Å². The molecule has 0 saturated carbocycles. The maximum atomic E-state index is 9.56. The molecule has 0 radical (unpaired) electrons. The number of aryl methyl sites for hydroxylation is 2. The highest BCUT2D eigenvalue weighted by Gasteiger charge is 2.12. The summed E-state index contributed by atoms with van der Waals surface area (Å²) in [6.07, 6.45) is 3.48. The molecule has 1 heteroatoms. The maximum Gasteiger partial charge on any atom is 0.116 e. The molecule has 1 N–H and O–H groups in total. The Balaban J connectivity index is 2.48. The van der Waals surface area contributed by atoms with Gasteiger partial charge in [0.15, 0.2) is 0 Å². The van der Waals surface area contributed by atoms with Crippen molar-refractivity contribution in [2.24, 2.45) is 0 Å². The van der Waals surface area contributed by atoms with Gasteiger partial charge in [-0.2, -0.15) is 0 Å². The van der Waals surface area contributed by atoms with Crippen LogP contribution in [0.1, 0.15) is 17.5 Å². The lowest BCUT2D eigenvalue weighted by Crippen LogP contribution is -2.00. The van der Waals surface area contributed by atoms with Gasteiger partial charge in [0.25, 0.3) is 0 Å². The molecule has 0 bridgehead atoms. The summed E-state index contributed by atoms with van der Waals surface area (Å²) >= 11 is 0. The fourth-order valence-electron chi connectivity index (χ4n) is 2.46. The van der Waals surface area contributed by atoms with Crippen LogP contribution in [0.2, 0.25) is 0 Å². The zero-order valence-electron chi connectivity index (χ0n) is 7.96. The SMILES string of the molecule is Oc1cc2c3c(cccc3c1)CCC2. The minimum Gasteiger partial charge on any atom is -0.508 e. The fourth-order valence-corrected chi connectivity index (χ4v) is 2.46. The first-order valence-electron chi connectivity index (χ1n) is 5.08. The number of hydrogen-bond acceptors (Lipinski definition) is 1. The normalized spacial score (nSPS) is 14.6. The number of phenolic OH excluding ortho intramolecular Hbond substituents is 1. The van der Waals surface area contributed by atoms with Gasteiger partial charge in [-0.3, -0.25) is 0 Å². The van der Waals surface area contributed by atoms with Crippen molar-refractivity contribution in [1.29, 1.82) is 0 Å². The number of rotatable bonds is 0. The molecule has 0 saturated heterocycles. The lowest BCUT2D eigenvalue weighted by Gasteiger charge is -2.17. The van der Waals surface area contributed by atoms with Gasteiger partial charge in [0, 0.05) is 0 Å². The van der Waals surface area contributed by atoms with Gasteiger partial charge in [-0.15, -0.1) is 0 Å². The number of hydrogen-bond donors (Lipinski definition) is 1. The summed E-state index contributed by atoms with van der Waals surface area (Å²) in [5, 5.41) is 12.1. The molecule has 1 aliphatic carbocycles. The third-order valence-electron chi connectivity index (χ3n) is 3.02. The summed E-state index contributed by atoms with van der Waals surface area (Å²) in [6.45, 7) is 0. The van der Waals surface area contributed by atoms with Crippen molar-refractivity contribution in [3.8, 4) is 5.75 Å². The molecule has 3 rings (SSSR count). The molecule has 1 aliphatic rings. The minimum atomic E-state index is 0.395. The molecule has 2 aromatic rings. The highest BCUT2D eigenvalue weighted by Crippen LogP contribution is 2.32. The Kier molecular flexibility index (Phi) is 1.54. The molecule has 2 aromatic carbocycles. The lowest BCUT2D eigenvalue weighted by atomic mass is 9.88. The van der Waals surface area contributed by atoms with Crippen molar-refractivity contribution in [3.63, 3.8) is 0 Å². The molecule has 0 fully saturated rings. The van der Waals surface area contributed by atoms with Crippen molar-refractivity contribution in [3.05, 3.63) is 41.5 Å². The molecule has 0 atom stereocenters. The van der Waals surface area contributed by atoms with Gasteiger partial charge in [-0.1, -0.05) is 18.2 Å². The summed E-state index contributed by atoms with van der Waals surface area (Å²) in [5.74, 6) is 0.395. The molecular formula is C13H12O. The zero-order chi connectivity index (χ0) is 9.54. The first-order chi connectivity index (χ1) is 6.84. The fraction of sp³-hybridized carbons (Fsp3) is 0.231. The highest BCUT2D eigenvalue weighted by atomic mass is 16.3. The van der Waals surface area contributed by atoms with E-state index in [4.69, 9.17) is 0 Å². The zero-order valence-corrected chi connectivity index (χ0v) is 7.96. The van der Waals surface area contributed by atoms with Gasteiger partial charge in [0.2, 0.25) is 0 Å². The number of aromatic hydroxyl groups is 1. The predicted molar refractivity (Wildman–Crippen MR) is 57.6 cm³/mol. The molecule has 0 aromatic heterocycles. The average molecular weight is 184 g/mol. The Bertz CT molecular complexity index is 500. The third-order valence-corrected chi connectivity index (χ3v) is 3.02. The maximum absolute atomic E-state index is 9.56. The van der Waals surface area contributed by atoms with Crippen molar-refractivity contribution in [2.45, 2.75) is 19.3 Å². The second-order valence-electron chi connectivity index (χ2n) is 3.97. The third kappa shape index (κ3) is 1.02. The topological polar surface area (TPSA) is 20.2 Å². The van der Waals surface area contributed by atoms with Crippen molar-refractivity contribution >= 4 is 10.8 Å². The number of phenols is 1. The van der Waals surface area contributed by atoms with Crippen LogP contribution in [0, 0.1) is 0 Å². The molecule has 14 heavy (non-hydrogen) atoms. The van der Waals surface area contributed by atoms with Crippen LogP contribution in [0.15, 0.2) is 30.3 Å². The second-order valence-corrected chi connectivity index (χ2v) is 3.97. The van der Waals surface area contributed by atoms with Crippen molar-refractivity contribution < 1.29 is 5.11 Å². The van der Waals surface area contributed by atoms with Crippen LogP contribution >= 0.6 is 0 Å². The molecule has 0 unspecified atom stereocenters. The smallest absolute Gasteiger partial charge is 0.116 e. The van der Waals surface area contributed by atoms with E-state index in [0.29, 0.717) is 5.75 Å². The van der Waals surface area contributed by atoms with Gasteiger partial charge in [-0.25, -0.2) is 0 Å². The Morgan fingerprint density at radius 1 is 1.00 bits per heavy atom. The van der Waals surface area contributed by atoms with E-state index in [0.717, 1.165) is 6.42 Å². The Labute approximate surface area is 83.0 Å². The second kappa shape index (κ2) is 2.74. The Morgan fingerprint density at radius 2 is 1.86 bits per heavy atom. The standard InChI is InChI=1S/C13H12O/c14-12-7-10-5-1-3-9-4-2-6-11(8-12)13(9)10/h1,3,5,7-8,14H,2,4,6H2. The predicted octanol–water partition coefficient (Wildman–Crippen LogP) is 3.03. The van der Waals surface area contributed by atoms with E-state index < -0.39 is 0 Å². The first kappa shape index (κ1) is 7.86. The quantitative estimate of drug-likeness (QED) is 0.667. The number of benzene rings is 2. The monoisotopic (exact) mass is 184 g/mol. The summed E-state index contributed by atoms with van der Waals surface area (Å²) in [5.41, 5.74) is 2.74. The molecule has 1 nitrogen and oxygen atoms in total. The van der Waals surface area contributed by atoms with Crippen LogP contribution in [0.3, 0.4) is 0 Å².